The van der Waals surface area contributed by atoms with Gasteiger partial charge in [0.1, 0.15) is 17.3 Å². The number of nitrogens with one attached hydrogen (secondary N) is 1. The van der Waals surface area contributed by atoms with Gasteiger partial charge in [0.05, 0.1) is 10.7 Å². The van der Waals surface area contributed by atoms with Crippen molar-refractivity contribution in [2.75, 3.05) is 7.05 Å². The first-order valence-electron chi connectivity index (χ1n) is 5.41. The largest absolute Gasteiger partial charge is 0.457 e. The van der Waals surface area contributed by atoms with Crippen LogP contribution in [0.2, 0.25) is 5.02 Å². The van der Waals surface area contributed by atoms with Crippen molar-refractivity contribution in [1.29, 1.82) is 0 Å². The summed E-state index contributed by atoms with van der Waals surface area (Å²) in [6.45, 7) is 0.654. The third kappa shape index (κ3) is 3.18. The predicted molar refractivity (Wildman–Crippen MR) is 68.5 cm³/mol. The molecule has 94 valence electrons. The van der Waals surface area contributed by atoms with Crippen LogP contribution in [0.25, 0.3) is 0 Å². The van der Waals surface area contributed by atoms with Gasteiger partial charge in [-0.3, -0.25) is 4.98 Å². The van der Waals surface area contributed by atoms with E-state index < -0.39 is 5.82 Å². The van der Waals surface area contributed by atoms with Gasteiger partial charge in [0, 0.05) is 24.9 Å². The number of benzene rings is 1. The first-order valence-corrected chi connectivity index (χ1v) is 5.79. The summed E-state index contributed by atoms with van der Waals surface area (Å²) in [5.41, 5.74) is 0.864. The topological polar surface area (TPSA) is 34.1 Å². The molecule has 1 aromatic heterocycles. The quantitative estimate of drug-likeness (QED) is 0.921. The molecule has 3 nitrogen and oxygen atoms in total. The zero-order valence-electron chi connectivity index (χ0n) is 9.78. The second kappa shape index (κ2) is 5.80. The van der Waals surface area contributed by atoms with E-state index in [1.54, 1.807) is 12.3 Å². The van der Waals surface area contributed by atoms with E-state index in [0.29, 0.717) is 18.0 Å². The third-order valence-electron chi connectivity index (χ3n) is 2.27. The summed E-state index contributed by atoms with van der Waals surface area (Å²) in [7, 11) is 1.84. The molecule has 0 unspecified atom stereocenters. The van der Waals surface area contributed by atoms with Gasteiger partial charge in [0.15, 0.2) is 0 Å². The highest BCUT2D eigenvalue weighted by molar-refractivity contribution is 6.30. The molecule has 0 fully saturated rings. The minimum Gasteiger partial charge on any atom is -0.457 e. The Morgan fingerprint density at radius 2 is 2.06 bits per heavy atom. The van der Waals surface area contributed by atoms with Crippen LogP contribution in [0.3, 0.4) is 0 Å². The van der Waals surface area contributed by atoms with Crippen LogP contribution in [-0.4, -0.2) is 12.0 Å². The minimum atomic E-state index is -0.463. The number of aromatic nitrogens is 1. The summed E-state index contributed by atoms with van der Waals surface area (Å²) in [5, 5.41) is 3.04. The lowest BCUT2D eigenvalue weighted by Gasteiger charge is -2.07. The van der Waals surface area contributed by atoms with E-state index in [-0.39, 0.29) is 5.02 Å². The lowest BCUT2D eigenvalue weighted by molar-refractivity contribution is 0.478. The SMILES string of the molecule is CNCc1cc(Oc2ccc(F)c(Cl)c2)ccn1. The number of halogens is 2. The van der Waals surface area contributed by atoms with Crippen molar-refractivity contribution in [3.05, 3.63) is 53.1 Å². The molecule has 2 aromatic rings. The number of hydrogen-bond donors (Lipinski definition) is 1. The first-order chi connectivity index (χ1) is 8.69. The van der Waals surface area contributed by atoms with Gasteiger partial charge in [-0.25, -0.2) is 4.39 Å². The minimum absolute atomic E-state index is 0.0389. The second-order valence-corrected chi connectivity index (χ2v) is 4.10. The fourth-order valence-electron chi connectivity index (χ4n) is 1.47. The zero-order chi connectivity index (χ0) is 13.0. The lowest BCUT2D eigenvalue weighted by atomic mass is 10.3. The van der Waals surface area contributed by atoms with E-state index in [2.05, 4.69) is 10.3 Å². The monoisotopic (exact) mass is 266 g/mol. The summed E-state index contributed by atoms with van der Waals surface area (Å²) >= 11 is 5.68. The lowest BCUT2D eigenvalue weighted by Crippen LogP contribution is -2.06. The second-order valence-electron chi connectivity index (χ2n) is 3.69. The van der Waals surface area contributed by atoms with Crippen LogP contribution in [0.15, 0.2) is 36.5 Å². The van der Waals surface area contributed by atoms with Crippen LogP contribution in [0.4, 0.5) is 4.39 Å². The maximum Gasteiger partial charge on any atom is 0.142 e. The molecule has 0 aliphatic rings. The Labute approximate surface area is 110 Å². The third-order valence-corrected chi connectivity index (χ3v) is 2.56. The van der Waals surface area contributed by atoms with Crippen molar-refractivity contribution in [3.8, 4) is 11.5 Å². The Bertz CT molecular complexity index is 548. The van der Waals surface area contributed by atoms with Gasteiger partial charge in [-0.1, -0.05) is 11.6 Å². The van der Waals surface area contributed by atoms with Crippen molar-refractivity contribution in [3.63, 3.8) is 0 Å². The van der Waals surface area contributed by atoms with Crippen molar-refractivity contribution < 1.29 is 9.13 Å². The van der Waals surface area contributed by atoms with Crippen LogP contribution >= 0.6 is 11.6 Å². The number of rotatable bonds is 4. The maximum absolute atomic E-state index is 13.0. The number of pyridine rings is 1. The summed E-state index contributed by atoms with van der Waals surface area (Å²) < 4.78 is 18.6. The van der Waals surface area contributed by atoms with Gasteiger partial charge in [-0.05, 0) is 25.2 Å². The molecule has 0 radical (unpaired) electrons. The van der Waals surface area contributed by atoms with Crippen LogP contribution in [0.1, 0.15) is 5.69 Å². The fourth-order valence-corrected chi connectivity index (χ4v) is 1.64. The Morgan fingerprint density at radius 1 is 1.28 bits per heavy atom. The molecule has 0 bridgehead atoms. The maximum atomic E-state index is 13.0. The van der Waals surface area contributed by atoms with E-state index in [4.69, 9.17) is 16.3 Å². The van der Waals surface area contributed by atoms with Gasteiger partial charge in [0.2, 0.25) is 0 Å². The molecule has 1 N–H and O–H groups in total. The van der Waals surface area contributed by atoms with Crippen LogP contribution in [-0.2, 0) is 6.54 Å². The molecule has 0 saturated heterocycles. The van der Waals surface area contributed by atoms with Gasteiger partial charge >= 0.3 is 0 Å². The Kier molecular flexibility index (Phi) is 4.12. The average Bonchev–Trinajstić information content (AvgIpc) is 2.35. The molecule has 5 heteroatoms. The van der Waals surface area contributed by atoms with Crippen molar-refractivity contribution in [1.82, 2.24) is 10.3 Å². The Balaban J connectivity index is 2.17. The molecule has 0 amide bonds. The fraction of sp³-hybridized carbons (Fsp3) is 0.154. The predicted octanol–water partition coefficient (Wildman–Crippen LogP) is 3.39. The van der Waals surface area contributed by atoms with Gasteiger partial charge in [-0.15, -0.1) is 0 Å². The summed E-state index contributed by atoms with van der Waals surface area (Å²) in [6.07, 6.45) is 1.66. The number of ether oxygens (including phenoxy) is 1. The molecule has 0 atom stereocenters. The van der Waals surface area contributed by atoms with Gasteiger partial charge in [0.25, 0.3) is 0 Å². The highest BCUT2D eigenvalue weighted by Gasteiger charge is 2.03. The van der Waals surface area contributed by atoms with Gasteiger partial charge < -0.3 is 10.1 Å². The van der Waals surface area contributed by atoms with E-state index in [9.17, 15) is 4.39 Å². The smallest absolute Gasteiger partial charge is 0.142 e. The van der Waals surface area contributed by atoms with E-state index in [0.717, 1.165) is 5.69 Å². The summed E-state index contributed by atoms with van der Waals surface area (Å²) in [6, 6.07) is 7.78. The van der Waals surface area contributed by atoms with Gasteiger partial charge in [-0.2, -0.15) is 0 Å². The average molecular weight is 267 g/mol. The molecular weight excluding hydrogens is 255 g/mol. The van der Waals surface area contributed by atoms with Crippen LogP contribution < -0.4 is 10.1 Å². The first kappa shape index (κ1) is 12.8. The molecule has 1 heterocycles. The normalized spacial score (nSPS) is 10.4. The molecule has 0 aliphatic carbocycles. The molecule has 18 heavy (non-hydrogen) atoms. The van der Waals surface area contributed by atoms with E-state index >= 15 is 0 Å². The summed E-state index contributed by atoms with van der Waals surface area (Å²) in [4.78, 5) is 4.17. The number of nitrogens with zero attached hydrogens (tertiary/aromatic N) is 1. The highest BCUT2D eigenvalue weighted by Crippen LogP contribution is 2.26. The Hall–Kier alpha value is -1.65. The van der Waals surface area contributed by atoms with Crippen molar-refractivity contribution in [2.45, 2.75) is 6.54 Å². The van der Waals surface area contributed by atoms with Crippen molar-refractivity contribution in [2.24, 2.45) is 0 Å². The standard InChI is InChI=1S/C13H12ClFN2O/c1-16-8-9-6-11(4-5-17-9)18-10-2-3-13(15)12(14)7-10/h2-7,16H,8H2,1H3. The van der Waals surface area contributed by atoms with Crippen molar-refractivity contribution >= 4 is 11.6 Å². The van der Waals surface area contributed by atoms with E-state index in [1.807, 2.05) is 13.1 Å². The molecule has 1 aromatic carbocycles. The van der Waals surface area contributed by atoms with E-state index in [1.165, 1.54) is 18.2 Å². The molecule has 0 spiro atoms. The molecule has 0 saturated carbocycles. The Morgan fingerprint density at radius 3 is 2.78 bits per heavy atom. The molecule has 0 aliphatic heterocycles. The van der Waals surface area contributed by atoms with Crippen LogP contribution in [0, 0.1) is 5.82 Å². The number of hydrogen-bond acceptors (Lipinski definition) is 3. The molecule has 2 rings (SSSR count). The molecular formula is C13H12ClFN2O. The summed E-state index contributed by atoms with van der Waals surface area (Å²) in [5.74, 6) is 0.663. The van der Waals surface area contributed by atoms with Crippen LogP contribution in [0.5, 0.6) is 11.5 Å². The zero-order valence-corrected chi connectivity index (χ0v) is 10.5. The highest BCUT2D eigenvalue weighted by atomic mass is 35.5.